The van der Waals surface area contributed by atoms with Gasteiger partial charge in [0, 0.05) is 25.8 Å². The van der Waals surface area contributed by atoms with Gasteiger partial charge in [0.15, 0.2) is 0 Å². The molecule has 2 rings (SSSR count). The Kier molecular flexibility index (Phi) is 4.33. The summed E-state index contributed by atoms with van der Waals surface area (Å²) in [6, 6.07) is 0. The largest absolute Gasteiger partial charge is 0.380 e. The predicted octanol–water partition coefficient (Wildman–Crippen LogP) is 0.940. The Hall–Kier alpha value is -1.40. The number of rotatable bonds is 4. The lowest BCUT2D eigenvalue weighted by Gasteiger charge is -2.34. The van der Waals surface area contributed by atoms with Gasteiger partial charge < -0.3 is 15.1 Å². The average molecular weight is 251 g/mol. The molecule has 0 radical (unpaired) electrons. The number of hydrogen-bond donors (Lipinski definition) is 2. The Morgan fingerprint density at radius 1 is 1.56 bits per heavy atom. The van der Waals surface area contributed by atoms with E-state index in [9.17, 15) is 0 Å². The van der Waals surface area contributed by atoms with Gasteiger partial charge in [0.1, 0.15) is 18.0 Å². The number of nitrogens with zero attached hydrogens (tertiary/aromatic N) is 3. The lowest BCUT2D eigenvalue weighted by atomic mass is 10.1. The number of hydrogen-bond acceptors (Lipinski definition) is 6. The van der Waals surface area contributed by atoms with Crippen molar-refractivity contribution in [1.82, 2.24) is 9.97 Å². The zero-order valence-corrected chi connectivity index (χ0v) is 11.0. The van der Waals surface area contributed by atoms with E-state index in [1.165, 1.54) is 0 Å². The van der Waals surface area contributed by atoms with Crippen molar-refractivity contribution in [1.29, 1.82) is 0 Å². The number of methoxy groups -OCH3 is 1. The van der Waals surface area contributed by atoms with Gasteiger partial charge in [-0.15, -0.1) is 0 Å². The molecule has 1 aliphatic heterocycles. The molecule has 1 saturated heterocycles. The van der Waals surface area contributed by atoms with E-state index >= 15 is 0 Å². The molecule has 1 aromatic heterocycles. The minimum atomic E-state index is 0.285. The van der Waals surface area contributed by atoms with Crippen LogP contribution in [-0.4, -0.2) is 36.3 Å². The van der Waals surface area contributed by atoms with E-state index in [1.54, 1.807) is 13.4 Å². The number of hydrazine groups is 1. The average Bonchev–Trinajstić information content (AvgIpc) is 2.46. The summed E-state index contributed by atoms with van der Waals surface area (Å²) in [6.45, 7) is 3.97. The summed E-state index contributed by atoms with van der Waals surface area (Å²) in [5.41, 5.74) is 3.71. The second-order valence-corrected chi connectivity index (χ2v) is 4.47. The van der Waals surface area contributed by atoms with E-state index < -0.39 is 0 Å². The van der Waals surface area contributed by atoms with E-state index in [-0.39, 0.29) is 6.10 Å². The third-order valence-corrected chi connectivity index (χ3v) is 3.42. The van der Waals surface area contributed by atoms with Crippen molar-refractivity contribution in [3.8, 4) is 0 Å². The number of nitrogens with one attached hydrogen (secondary N) is 1. The Morgan fingerprint density at radius 3 is 3.06 bits per heavy atom. The first kappa shape index (κ1) is 13.0. The molecule has 2 heterocycles. The van der Waals surface area contributed by atoms with Crippen LogP contribution in [0.4, 0.5) is 11.6 Å². The number of anilines is 2. The first-order valence-electron chi connectivity index (χ1n) is 6.38. The molecular formula is C12H21N5O. The highest BCUT2D eigenvalue weighted by molar-refractivity contribution is 5.58. The van der Waals surface area contributed by atoms with E-state index in [4.69, 9.17) is 10.6 Å². The van der Waals surface area contributed by atoms with Crippen molar-refractivity contribution < 1.29 is 4.74 Å². The van der Waals surface area contributed by atoms with Gasteiger partial charge in [-0.1, -0.05) is 6.92 Å². The normalized spacial score (nSPS) is 19.9. The molecule has 18 heavy (non-hydrogen) atoms. The highest BCUT2D eigenvalue weighted by Crippen LogP contribution is 2.26. The molecule has 0 aliphatic carbocycles. The van der Waals surface area contributed by atoms with Gasteiger partial charge in [0.25, 0.3) is 0 Å². The zero-order valence-electron chi connectivity index (χ0n) is 11.0. The van der Waals surface area contributed by atoms with Gasteiger partial charge in [0.2, 0.25) is 0 Å². The molecule has 0 aromatic carbocycles. The summed E-state index contributed by atoms with van der Waals surface area (Å²) < 4.78 is 5.45. The van der Waals surface area contributed by atoms with Crippen LogP contribution in [0.5, 0.6) is 0 Å². The van der Waals surface area contributed by atoms with E-state index in [0.29, 0.717) is 5.82 Å². The van der Waals surface area contributed by atoms with Gasteiger partial charge >= 0.3 is 0 Å². The van der Waals surface area contributed by atoms with Crippen LogP contribution in [0, 0.1) is 0 Å². The first-order chi connectivity index (χ1) is 8.80. The highest BCUT2D eigenvalue weighted by atomic mass is 16.5. The Bertz CT molecular complexity index is 398. The monoisotopic (exact) mass is 251 g/mol. The molecule has 3 N–H and O–H groups in total. The van der Waals surface area contributed by atoms with E-state index in [1.807, 2.05) is 0 Å². The van der Waals surface area contributed by atoms with Crippen LogP contribution < -0.4 is 16.2 Å². The molecule has 1 aliphatic rings. The summed E-state index contributed by atoms with van der Waals surface area (Å²) in [5, 5.41) is 0. The van der Waals surface area contributed by atoms with Gasteiger partial charge in [-0.3, -0.25) is 0 Å². The number of ether oxygens (including phenoxy) is 1. The molecule has 0 spiro atoms. The van der Waals surface area contributed by atoms with Crippen LogP contribution in [0.25, 0.3) is 0 Å². The number of piperidine rings is 1. The maximum atomic E-state index is 5.49. The summed E-state index contributed by atoms with van der Waals surface area (Å²) in [5.74, 6) is 7.18. The van der Waals surface area contributed by atoms with Crippen LogP contribution in [0.3, 0.4) is 0 Å². The lowest BCUT2D eigenvalue weighted by molar-refractivity contribution is 0.0891. The van der Waals surface area contributed by atoms with Crippen molar-refractivity contribution in [3.63, 3.8) is 0 Å². The molecule has 0 saturated carbocycles. The minimum absolute atomic E-state index is 0.285. The fraction of sp³-hybridized carbons (Fsp3) is 0.667. The molecule has 6 heteroatoms. The van der Waals surface area contributed by atoms with Crippen LogP contribution >= 0.6 is 0 Å². The summed E-state index contributed by atoms with van der Waals surface area (Å²) in [4.78, 5) is 10.8. The third kappa shape index (κ3) is 2.54. The SMILES string of the molecule is CCc1c(NN)ncnc1N1CCCC(OC)C1. The number of aromatic nitrogens is 2. The van der Waals surface area contributed by atoms with Crippen molar-refractivity contribution in [2.45, 2.75) is 32.3 Å². The Labute approximate surface area is 108 Å². The molecule has 1 unspecified atom stereocenters. The maximum absolute atomic E-state index is 5.49. The van der Waals surface area contributed by atoms with Crippen LogP contribution in [0.1, 0.15) is 25.3 Å². The van der Waals surface area contributed by atoms with Crippen LogP contribution in [-0.2, 0) is 11.2 Å². The smallest absolute Gasteiger partial charge is 0.148 e. The quantitative estimate of drug-likeness (QED) is 0.612. The molecule has 6 nitrogen and oxygen atoms in total. The van der Waals surface area contributed by atoms with Gasteiger partial charge in [0.05, 0.1) is 6.10 Å². The molecule has 1 atom stereocenters. The third-order valence-electron chi connectivity index (χ3n) is 3.42. The van der Waals surface area contributed by atoms with Crippen molar-refractivity contribution in [2.24, 2.45) is 5.84 Å². The molecule has 100 valence electrons. The Balaban J connectivity index is 2.26. The fourth-order valence-electron chi connectivity index (χ4n) is 2.45. The highest BCUT2D eigenvalue weighted by Gasteiger charge is 2.23. The van der Waals surface area contributed by atoms with Gasteiger partial charge in [-0.05, 0) is 19.3 Å². The topological polar surface area (TPSA) is 76.3 Å². The van der Waals surface area contributed by atoms with Crippen LogP contribution in [0.15, 0.2) is 6.33 Å². The molecule has 0 amide bonds. The van der Waals surface area contributed by atoms with Gasteiger partial charge in [-0.25, -0.2) is 15.8 Å². The summed E-state index contributed by atoms with van der Waals surface area (Å²) >= 11 is 0. The lowest BCUT2D eigenvalue weighted by Crippen LogP contribution is -2.40. The Morgan fingerprint density at radius 2 is 2.39 bits per heavy atom. The van der Waals surface area contributed by atoms with Crippen molar-refractivity contribution in [2.75, 3.05) is 30.5 Å². The van der Waals surface area contributed by atoms with E-state index in [0.717, 1.165) is 43.7 Å². The molecule has 1 aromatic rings. The first-order valence-corrected chi connectivity index (χ1v) is 6.38. The second kappa shape index (κ2) is 5.97. The zero-order chi connectivity index (χ0) is 13.0. The number of nitrogens with two attached hydrogens (primary N) is 1. The predicted molar refractivity (Wildman–Crippen MR) is 71.5 cm³/mol. The second-order valence-electron chi connectivity index (χ2n) is 4.47. The summed E-state index contributed by atoms with van der Waals surface area (Å²) in [7, 11) is 1.77. The fourth-order valence-corrected chi connectivity index (χ4v) is 2.45. The molecule has 1 fully saturated rings. The number of nitrogen functional groups attached to an aromatic ring is 1. The van der Waals surface area contributed by atoms with E-state index in [2.05, 4.69) is 27.2 Å². The van der Waals surface area contributed by atoms with Gasteiger partial charge in [-0.2, -0.15) is 0 Å². The maximum Gasteiger partial charge on any atom is 0.148 e. The minimum Gasteiger partial charge on any atom is -0.380 e. The standard InChI is InChI=1S/C12H21N5O/c1-3-10-11(16-13)14-8-15-12(10)17-6-4-5-9(7-17)18-2/h8-9H,3-7,13H2,1-2H3,(H,14,15,16). The van der Waals surface area contributed by atoms with Crippen molar-refractivity contribution >= 4 is 11.6 Å². The molecular weight excluding hydrogens is 230 g/mol. The molecule has 0 bridgehead atoms. The van der Waals surface area contributed by atoms with Crippen LogP contribution in [0.2, 0.25) is 0 Å². The summed E-state index contributed by atoms with van der Waals surface area (Å²) in [6.07, 6.45) is 4.93. The van der Waals surface area contributed by atoms with Crippen molar-refractivity contribution in [3.05, 3.63) is 11.9 Å².